The fourth-order valence-corrected chi connectivity index (χ4v) is 3.81. The Labute approximate surface area is 195 Å². The summed E-state index contributed by atoms with van der Waals surface area (Å²) in [5, 5.41) is 16.7. The Morgan fingerprint density at radius 1 is 1.24 bits per heavy atom. The average molecular weight is 465 g/mol. The van der Waals surface area contributed by atoms with Gasteiger partial charge in [-0.1, -0.05) is 0 Å². The van der Waals surface area contributed by atoms with Crippen LogP contribution in [0.25, 0.3) is 16.9 Å². The molecule has 10 nitrogen and oxygen atoms in total. The maximum atomic E-state index is 14.9. The summed E-state index contributed by atoms with van der Waals surface area (Å²) in [4.78, 5) is 5.61. The van der Waals surface area contributed by atoms with Crippen LogP contribution in [0.15, 0.2) is 48.8 Å². The van der Waals surface area contributed by atoms with Crippen molar-refractivity contribution in [1.82, 2.24) is 35.0 Å². The van der Waals surface area contributed by atoms with Crippen molar-refractivity contribution in [3.8, 4) is 28.6 Å². The highest BCUT2D eigenvalue weighted by molar-refractivity contribution is 5.59. The second-order valence-electron chi connectivity index (χ2n) is 8.27. The number of ether oxygens (including phenoxy) is 2. The lowest BCUT2D eigenvalue weighted by Gasteiger charge is -2.24. The molecule has 2 atom stereocenters. The van der Waals surface area contributed by atoms with E-state index >= 15 is 0 Å². The number of benzene rings is 1. The molecule has 1 aromatic carbocycles. The first-order valence-corrected chi connectivity index (χ1v) is 11.2. The van der Waals surface area contributed by atoms with Crippen molar-refractivity contribution in [3.05, 3.63) is 60.4 Å². The van der Waals surface area contributed by atoms with E-state index in [4.69, 9.17) is 15.2 Å². The summed E-state index contributed by atoms with van der Waals surface area (Å²) >= 11 is 0. The highest BCUT2D eigenvalue weighted by Crippen LogP contribution is 2.30. The molecule has 1 saturated heterocycles. The van der Waals surface area contributed by atoms with E-state index in [2.05, 4.69) is 25.5 Å². The van der Waals surface area contributed by atoms with Crippen LogP contribution in [0.2, 0.25) is 0 Å². The van der Waals surface area contributed by atoms with Gasteiger partial charge in [0.25, 0.3) is 5.88 Å². The quantitative estimate of drug-likeness (QED) is 0.442. The minimum absolute atomic E-state index is 0.0524. The first-order valence-electron chi connectivity index (χ1n) is 11.2. The first kappa shape index (κ1) is 22.1. The van der Waals surface area contributed by atoms with E-state index in [0.717, 1.165) is 25.0 Å². The van der Waals surface area contributed by atoms with Crippen molar-refractivity contribution < 1.29 is 13.9 Å². The van der Waals surface area contributed by atoms with Gasteiger partial charge in [0.1, 0.15) is 5.75 Å². The van der Waals surface area contributed by atoms with E-state index in [1.54, 1.807) is 41.3 Å². The van der Waals surface area contributed by atoms with Crippen LogP contribution in [0.3, 0.4) is 0 Å². The SMILES string of the molecule is C[C@H](N)Cc1nnn(-c2ccc(Oc3ncc(-c4ccnn4C4CCCCO4)cc3F)cc2)n1. The Morgan fingerprint density at radius 2 is 2.09 bits per heavy atom. The van der Waals surface area contributed by atoms with Gasteiger partial charge in [-0.3, -0.25) is 0 Å². The fraction of sp³-hybridized carbons (Fsp3) is 0.348. The monoisotopic (exact) mass is 464 g/mol. The zero-order chi connectivity index (χ0) is 23.5. The van der Waals surface area contributed by atoms with Crippen LogP contribution in [0, 0.1) is 5.82 Å². The Hall–Kier alpha value is -3.70. The van der Waals surface area contributed by atoms with Gasteiger partial charge in [-0.15, -0.1) is 15.0 Å². The smallest absolute Gasteiger partial charge is 0.255 e. The highest BCUT2D eigenvalue weighted by Gasteiger charge is 2.20. The summed E-state index contributed by atoms with van der Waals surface area (Å²) in [5.41, 5.74) is 7.82. The number of aromatic nitrogens is 7. The molecule has 0 saturated carbocycles. The molecular weight excluding hydrogens is 439 g/mol. The molecule has 3 aromatic heterocycles. The van der Waals surface area contributed by atoms with Crippen molar-refractivity contribution in [2.75, 3.05) is 6.61 Å². The number of hydrogen-bond donors (Lipinski definition) is 1. The van der Waals surface area contributed by atoms with Gasteiger partial charge in [0, 0.05) is 37.0 Å². The fourth-order valence-electron chi connectivity index (χ4n) is 3.81. The van der Waals surface area contributed by atoms with E-state index in [0.29, 0.717) is 35.9 Å². The van der Waals surface area contributed by atoms with Crippen LogP contribution in [-0.2, 0) is 11.2 Å². The number of halogens is 1. The molecule has 34 heavy (non-hydrogen) atoms. The third-order valence-electron chi connectivity index (χ3n) is 5.44. The normalized spacial score (nSPS) is 17.0. The van der Waals surface area contributed by atoms with Gasteiger partial charge in [-0.05, 0) is 67.8 Å². The van der Waals surface area contributed by atoms with Gasteiger partial charge in [0.15, 0.2) is 17.9 Å². The van der Waals surface area contributed by atoms with E-state index in [9.17, 15) is 4.39 Å². The van der Waals surface area contributed by atoms with Gasteiger partial charge in [0.2, 0.25) is 0 Å². The van der Waals surface area contributed by atoms with E-state index < -0.39 is 5.82 Å². The molecular formula is C23H25FN8O2. The van der Waals surface area contributed by atoms with Crippen molar-refractivity contribution in [3.63, 3.8) is 0 Å². The summed E-state index contributed by atoms with van der Waals surface area (Å²) in [5.74, 6) is 0.310. The van der Waals surface area contributed by atoms with Gasteiger partial charge < -0.3 is 15.2 Å². The Bertz CT molecular complexity index is 1250. The van der Waals surface area contributed by atoms with Crippen LogP contribution in [-0.4, -0.2) is 47.6 Å². The maximum Gasteiger partial charge on any atom is 0.255 e. The molecule has 0 aliphatic carbocycles. The second kappa shape index (κ2) is 9.65. The van der Waals surface area contributed by atoms with Gasteiger partial charge in [-0.25, -0.2) is 14.1 Å². The lowest BCUT2D eigenvalue weighted by Crippen LogP contribution is -2.19. The number of pyridine rings is 1. The molecule has 11 heteroatoms. The molecule has 176 valence electrons. The summed E-state index contributed by atoms with van der Waals surface area (Å²) in [6.45, 7) is 2.58. The zero-order valence-electron chi connectivity index (χ0n) is 18.7. The molecule has 4 aromatic rings. The van der Waals surface area contributed by atoms with E-state index in [1.807, 2.05) is 13.0 Å². The van der Waals surface area contributed by atoms with Crippen molar-refractivity contribution >= 4 is 0 Å². The summed E-state index contributed by atoms with van der Waals surface area (Å²) in [6, 6.07) is 10.0. The summed E-state index contributed by atoms with van der Waals surface area (Å²) in [6.07, 6.45) is 6.63. The minimum atomic E-state index is -0.572. The molecule has 1 aliphatic rings. The standard InChI is InChI=1S/C23H25FN8O2/c1-15(25)12-21-28-30-32(29-21)17-5-7-18(8-6-17)34-23-19(24)13-16(14-26-23)20-9-10-27-31(20)22-4-2-3-11-33-22/h5-10,13-15,22H,2-4,11-12,25H2,1H3/t15-,22?/m0/s1. The average Bonchev–Trinajstić information content (AvgIpc) is 3.51. The topological polar surface area (TPSA) is 119 Å². The largest absolute Gasteiger partial charge is 0.436 e. The molecule has 1 fully saturated rings. The van der Waals surface area contributed by atoms with Gasteiger partial charge in [-0.2, -0.15) is 5.10 Å². The predicted octanol–water partition coefficient (Wildman–Crippen LogP) is 3.44. The lowest BCUT2D eigenvalue weighted by molar-refractivity contribution is -0.0383. The number of rotatable bonds is 7. The summed E-state index contributed by atoms with van der Waals surface area (Å²) in [7, 11) is 0. The van der Waals surface area contributed by atoms with Crippen LogP contribution >= 0.6 is 0 Å². The summed E-state index contributed by atoms with van der Waals surface area (Å²) < 4.78 is 28.1. The van der Waals surface area contributed by atoms with Crippen molar-refractivity contribution in [2.45, 2.75) is 44.9 Å². The number of hydrogen-bond acceptors (Lipinski definition) is 8. The van der Waals surface area contributed by atoms with Crippen molar-refractivity contribution in [2.24, 2.45) is 5.73 Å². The number of nitrogens with zero attached hydrogens (tertiary/aromatic N) is 7. The van der Waals surface area contributed by atoms with Gasteiger partial charge in [0.05, 0.1) is 11.4 Å². The highest BCUT2D eigenvalue weighted by atomic mass is 19.1. The van der Waals surface area contributed by atoms with Crippen LogP contribution < -0.4 is 10.5 Å². The third-order valence-corrected chi connectivity index (χ3v) is 5.44. The van der Waals surface area contributed by atoms with E-state index in [1.165, 1.54) is 10.9 Å². The zero-order valence-corrected chi connectivity index (χ0v) is 18.7. The van der Waals surface area contributed by atoms with Crippen LogP contribution in [0.5, 0.6) is 11.6 Å². The molecule has 0 bridgehead atoms. The Kier molecular flexibility index (Phi) is 6.28. The molecule has 0 amide bonds. The van der Waals surface area contributed by atoms with E-state index in [-0.39, 0.29) is 18.1 Å². The number of tetrazole rings is 1. The minimum Gasteiger partial charge on any atom is -0.436 e. The first-order chi connectivity index (χ1) is 16.6. The number of nitrogens with two attached hydrogens (primary N) is 1. The molecule has 1 unspecified atom stereocenters. The molecule has 4 heterocycles. The maximum absolute atomic E-state index is 14.9. The molecule has 1 aliphatic heterocycles. The molecule has 5 rings (SSSR count). The lowest BCUT2D eigenvalue weighted by atomic mass is 10.1. The Balaban J connectivity index is 1.30. The Morgan fingerprint density at radius 3 is 2.82 bits per heavy atom. The van der Waals surface area contributed by atoms with Gasteiger partial charge >= 0.3 is 0 Å². The third kappa shape index (κ3) is 4.80. The van der Waals surface area contributed by atoms with Crippen molar-refractivity contribution in [1.29, 1.82) is 0 Å². The predicted molar refractivity (Wildman–Crippen MR) is 121 cm³/mol. The van der Waals surface area contributed by atoms with Crippen LogP contribution in [0.1, 0.15) is 38.2 Å². The second-order valence-corrected chi connectivity index (χ2v) is 8.27. The molecule has 0 spiro atoms. The molecule has 0 radical (unpaired) electrons. The molecule has 2 N–H and O–H groups in total. The van der Waals surface area contributed by atoms with Crippen LogP contribution in [0.4, 0.5) is 4.39 Å².